The van der Waals surface area contributed by atoms with Crippen LogP contribution in [-0.4, -0.2) is 29.9 Å². The molecule has 3 heterocycles. The van der Waals surface area contributed by atoms with Gasteiger partial charge in [0.25, 0.3) is 0 Å². The average molecular weight is 314 g/mol. The summed E-state index contributed by atoms with van der Waals surface area (Å²) in [6.45, 7) is 0. The monoisotopic (exact) mass is 314 g/mol. The summed E-state index contributed by atoms with van der Waals surface area (Å²) in [5, 5.41) is 0. The zero-order valence-corrected chi connectivity index (χ0v) is 12.8. The number of H-pyrrole nitrogens is 1. The van der Waals surface area contributed by atoms with E-state index in [4.69, 9.17) is 4.98 Å². The summed E-state index contributed by atoms with van der Waals surface area (Å²) in [6, 6.07) is 7.90. The van der Waals surface area contributed by atoms with Crippen molar-refractivity contribution in [2.75, 3.05) is 0 Å². The summed E-state index contributed by atoms with van der Waals surface area (Å²) >= 11 is 0. The molecular formula is C18H14N6. The van der Waals surface area contributed by atoms with E-state index in [9.17, 15) is 0 Å². The van der Waals surface area contributed by atoms with Gasteiger partial charge in [0.1, 0.15) is 5.82 Å². The van der Waals surface area contributed by atoms with Crippen LogP contribution in [0.2, 0.25) is 0 Å². The van der Waals surface area contributed by atoms with Crippen molar-refractivity contribution in [3.63, 3.8) is 0 Å². The van der Waals surface area contributed by atoms with Crippen LogP contribution in [0.3, 0.4) is 0 Å². The Balaban J connectivity index is 1.62. The minimum Gasteiger partial charge on any atom is -0.343 e. The normalized spacial score (nSPS) is 14.2. The van der Waals surface area contributed by atoms with Crippen LogP contribution in [0, 0.1) is 0 Å². The van der Waals surface area contributed by atoms with Crippen LogP contribution in [0.1, 0.15) is 24.6 Å². The molecule has 1 saturated carbocycles. The first-order chi connectivity index (χ1) is 11.9. The fourth-order valence-corrected chi connectivity index (χ4v) is 2.87. The van der Waals surface area contributed by atoms with Crippen molar-refractivity contribution in [2.24, 2.45) is 0 Å². The van der Waals surface area contributed by atoms with Crippen molar-refractivity contribution in [3.05, 3.63) is 55.0 Å². The quantitative estimate of drug-likeness (QED) is 0.627. The number of hydrogen-bond acceptors (Lipinski definition) is 5. The van der Waals surface area contributed by atoms with Crippen molar-refractivity contribution in [3.8, 4) is 22.6 Å². The minimum atomic E-state index is 0.521. The van der Waals surface area contributed by atoms with Crippen LogP contribution < -0.4 is 0 Å². The van der Waals surface area contributed by atoms with Crippen molar-refractivity contribution >= 4 is 11.0 Å². The van der Waals surface area contributed by atoms with Crippen LogP contribution >= 0.6 is 0 Å². The van der Waals surface area contributed by atoms with E-state index >= 15 is 0 Å². The van der Waals surface area contributed by atoms with E-state index in [0.29, 0.717) is 5.92 Å². The first kappa shape index (κ1) is 13.3. The lowest BCUT2D eigenvalue weighted by atomic mass is 10.1. The van der Waals surface area contributed by atoms with E-state index in [2.05, 4.69) is 24.9 Å². The number of rotatable bonds is 3. The second-order valence-electron chi connectivity index (χ2n) is 5.96. The number of hydrogen-bond donors (Lipinski definition) is 1. The van der Waals surface area contributed by atoms with Gasteiger partial charge in [0.2, 0.25) is 0 Å². The molecule has 0 aliphatic heterocycles. The largest absolute Gasteiger partial charge is 0.343 e. The predicted octanol–water partition coefficient (Wildman–Crippen LogP) is 3.35. The van der Waals surface area contributed by atoms with Crippen LogP contribution in [0.5, 0.6) is 0 Å². The zero-order valence-electron chi connectivity index (χ0n) is 12.8. The molecule has 0 radical (unpaired) electrons. The molecule has 0 unspecified atom stereocenters. The van der Waals surface area contributed by atoms with Gasteiger partial charge in [-0.2, -0.15) is 0 Å². The summed E-state index contributed by atoms with van der Waals surface area (Å²) in [5.74, 6) is 1.45. The lowest BCUT2D eigenvalue weighted by Crippen LogP contribution is -1.95. The molecule has 6 heteroatoms. The van der Waals surface area contributed by atoms with Gasteiger partial charge in [0, 0.05) is 30.1 Å². The molecule has 1 aliphatic rings. The van der Waals surface area contributed by atoms with E-state index in [-0.39, 0.29) is 0 Å². The third-order valence-electron chi connectivity index (χ3n) is 4.25. The first-order valence-electron chi connectivity index (χ1n) is 7.96. The molecule has 5 rings (SSSR count). The summed E-state index contributed by atoms with van der Waals surface area (Å²) in [6.07, 6.45) is 9.29. The molecule has 6 nitrogen and oxygen atoms in total. The van der Waals surface area contributed by atoms with Gasteiger partial charge in [0.05, 0.1) is 34.4 Å². The second kappa shape index (κ2) is 5.19. The van der Waals surface area contributed by atoms with Crippen molar-refractivity contribution in [1.29, 1.82) is 0 Å². The second-order valence-corrected chi connectivity index (χ2v) is 5.96. The molecule has 1 fully saturated rings. The topological polar surface area (TPSA) is 80.2 Å². The molecule has 1 N–H and O–H groups in total. The van der Waals surface area contributed by atoms with E-state index in [0.717, 1.165) is 39.5 Å². The van der Waals surface area contributed by atoms with Crippen molar-refractivity contribution in [1.82, 2.24) is 29.9 Å². The van der Waals surface area contributed by atoms with Gasteiger partial charge >= 0.3 is 0 Å². The number of nitrogens with one attached hydrogen (secondary N) is 1. The third kappa shape index (κ3) is 2.23. The molecule has 24 heavy (non-hydrogen) atoms. The molecule has 3 aromatic heterocycles. The molecule has 0 saturated heterocycles. The number of benzene rings is 1. The Morgan fingerprint density at radius 3 is 2.62 bits per heavy atom. The van der Waals surface area contributed by atoms with E-state index < -0.39 is 0 Å². The Kier molecular flexibility index (Phi) is 2.88. The summed E-state index contributed by atoms with van der Waals surface area (Å²) in [5.41, 5.74) is 5.36. The highest BCUT2D eigenvalue weighted by atomic mass is 14.9. The van der Waals surface area contributed by atoms with E-state index in [1.807, 2.05) is 30.5 Å². The van der Waals surface area contributed by atoms with Crippen molar-refractivity contribution < 1.29 is 0 Å². The summed E-state index contributed by atoms with van der Waals surface area (Å²) in [4.78, 5) is 25.5. The third-order valence-corrected chi connectivity index (χ3v) is 4.25. The van der Waals surface area contributed by atoms with Crippen LogP contribution in [-0.2, 0) is 0 Å². The molecule has 1 aromatic carbocycles. The van der Waals surface area contributed by atoms with Gasteiger partial charge in [-0.25, -0.2) is 15.0 Å². The maximum Gasteiger partial charge on any atom is 0.132 e. The molecule has 0 bridgehead atoms. The maximum absolute atomic E-state index is 4.72. The van der Waals surface area contributed by atoms with Crippen LogP contribution in [0.15, 0.2) is 49.2 Å². The van der Waals surface area contributed by atoms with Gasteiger partial charge in [-0.3, -0.25) is 9.97 Å². The molecule has 1 aliphatic carbocycles. The Bertz CT molecular complexity index is 1030. The van der Waals surface area contributed by atoms with Gasteiger partial charge in [-0.05, 0) is 31.0 Å². The van der Waals surface area contributed by atoms with Crippen LogP contribution in [0.25, 0.3) is 33.7 Å². The standard InChI is InChI=1S/C18H14N6/c1-2-11(1)18-21-6-5-14(24-18)17-16(22-10-23-17)12-3-4-13-15(9-12)20-8-7-19-13/h3-11H,1-2H2,(H,22,23). The Morgan fingerprint density at radius 2 is 1.75 bits per heavy atom. The molecule has 0 amide bonds. The lowest BCUT2D eigenvalue weighted by molar-refractivity contribution is 0.929. The van der Waals surface area contributed by atoms with E-state index in [1.165, 1.54) is 12.8 Å². The van der Waals surface area contributed by atoms with Gasteiger partial charge in [-0.1, -0.05) is 6.07 Å². The fourth-order valence-electron chi connectivity index (χ4n) is 2.87. The highest BCUT2D eigenvalue weighted by Gasteiger charge is 2.27. The highest BCUT2D eigenvalue weighted by molar-refractivity contribution is 5.84. The average Bonchev–Trinajstić information content (AvgIpc) is 3.38. The molecule has 4 aromatic rings. The number of aromatic amines is 1. The molecule has 0 spiro atoms. The molecule has 116 valence electrons. The fraction of sp³-hybridized carbons (Fsp3) is 0.167. The SMILES string of the molecule is c1cc(-c2[nH]cnc2-c2ccc3nccnc3c2)nc(C2CC2)n1. The Morgan fingerprint density at radius 1 is 0.875 bits per heavy atom. The van der Waals surface area contributed by atoms with Crippen LogP contribution in [0.4, 0.5) is 0 Å². The minimum absolute atomic E-state index is 0.521. The Hall–Kier alpha value is -3.15. The van der Waals surface area contributed by atoms with Gasteiger partial charge in [-0.15, -0.1) is 0 Å². The lowest BCUT2D eigenvalue weighted by Gasteiger charge is -2.05. The Labute approximate surface area is 138 Å². The van der Waals surface area contributed by atoms with Crippen molar-refractivity contribution in [2.45, 2.75) is 18.8 Å². The molecular weight excluding hydrogens is 300 g/mol. The maximum atomic E-state index is 4.72. The summed E-state index contributed by atoms with van der Waals surface area (Å²) in [7, 11) is 0. The predicted molar refractivity (Wildman–Crippen MR) is 90.1 cm³/mol. The first-order valence-corrected chi connectivity index (χ1v) is 7.96. The zero-order chi connectivity index (χ0) is 15.9. The number of imidazole rings is 1. The van der Waals surface area contributed by atoms with Gasteiger partial charge in [0.15, 0.2) is 0 Å². The smallest absolute Gasteiger partial charge is 0.132 e. The van der Waals surface area contributed by atoms with E-state index in [1.54, 1.807) is 18.7 Å². The highest BCUT2D eigenvalue weighted by Crippen LogP contribution is 2.38. The molecule has 0 atom stereocenters. The summed E-state index contributed by atoms with van der Waals surface area (Å²) < 4.78 is 0. The number of aromatic nitrogens is 6. The number of nitrogens with zero attached hydrogens (tertiary/aromatic N) is 5. The van der Waals surface area contributed by atoms with Gasteiger partial charge < -0.3 is 4.98 Å². The number of fused-ring (bicyclic) bond motifs is 1.